The third kappa shape index (κ3) is 4.25. The van der Waals surface area contributed by atoms with Gasteiger partial charge in [-0.05, 0) is 30.2 Å². The summed E-state index contributed by atoms with van der Waals surface area (Å²) in [5.41, 5.74) is -0.514. The first-order valence-corrected chi connectivity index (χ1v) is 8.44. The van der Waals surface area contributed by atoms with E-state index in [0.29, 0.717) is 6.07 Å². The Morgan fingerprint density at radius 1 is 1.17 bits per heavy atom. The summed E-state index contributed by atoms with van der Waals surface area (Å²) in [6, 6.07) is 6.07. The molecule has 6 nitrogen and oxygen atoms in total. The van der Waals surface area contributed by atoms with Gasteiger partial charge in [-0.15, -0.1) is 0 Å². The Labute approximate surface area is 141 Å². The quantitative estimate of drug-likeness (QED) is 0.619. The van der Waals surface area contributed by atoms with Crippen molar-refractivity contribution in [1.29, 1.82) is 0 Å². The standard InChI is InChI=1S/C14H11ClF2N2O4S/c15-10-2-4-13(19(20)21)14(7-10)24(22,23)18-6-5-9-1-3-11(16)8-12(9)17/h1-4,7-8,18H,5-6H2. The van der Waals surface area contributed by atoms with E-state index in [9.17, 15) is 27.3 Å². The molecule has 0 aromatic heterocycles. The number of nitro groups is 1. The van der Waals surface area contributed by atoms with Crippen molar-refractivity contribution in [2.75, 3.05) is 6.54 Å². The van der Waals surface area contributed by atoms with Gasteiger partial charge in [-0.2, -0.15) is 0 Å². The average Bonchev–Trinajstić information content (AvgIpc) is 2.49. The fourth-order valence-electron chi connectivity index (χ4n) is 1.98. The third-order valence-electron chi connectivity index (χ3n) is 3.11. The van der Waals surface area contributed by atoms with Crippen LogP contribution in [0.1, 0.15) is 5.56 Å². The molecule has 2 aromatic carbocycles. The molecule has 1 N–H and O–H groups in total. The SMILES string of the molecule is O=[N+]([O-])c1ccc(Cl)cc1S(=O)(=O)NCCc1ccc(F)cc1F. The maximum absolute atomic E-state index is 13.5. The summed E-state index contributed by atoms with van der Waals surface area (Å²) >= 11 is 5.69. The number of nitrogens with one attached hydrogen (secondary N) is 1. The van der Waals surface area contributed by atoms with Crippen LogP contribution in [0, 0.1) is 21.7 Å². The molecule has 0 spiro atoms. The van der Waals surface area contributed by atoms with Gasteiger partial charge in [0.25, 0.3) is 5.69 Å². The Balaban J connectivity index is 2.17. The maximum atomic E-state index is 13.5. The first-order chi connectivity index (χ1) is 11.2. The van der Waals surface area contributed by atoms with Crippen molar-refractivity contribution >= 4 is 27.3 Å². The highest BCUT2D eigenvalue weighted by molar-refractivity contribution is 7.89. The van der Waals surface area contributed by atoms with E-state index in [0.717, 1.165) is 18.2 Å². The van der Waals surface area contributed by atoms with Crippen LogP contribution in [0.25, 0.3) is 0 Å². The van der Waals surface area contributed by atoms with Crippen LogP contribution in [0.15, 0.2) is 41.3 Å². The van der Waals surface area contributed by atoms with Gasteiger partial charge in [0, 0.05) is 23.7 Å². The Morgan fingerprint density at radius 3 is 2.50 bits per heavy atom. The molecule has 0 heterocycles. The molecule has 128 valence electrons. The lowest BCUT2D eigenvalue weighted by molar-refractivity contribution is -0.387. The number of benzene rings is 2. The van der Waals surface area contributed by atoms with Crippen LogP contribution in [-0.4, -0.2) is 19.9 Å². The predicted octanol–water partition coefficient (Wildman–Crippen LogP) is 3.05. The summed E-state index contributed by atoms with van der Waals surface area (Å²) in [4.78, 5) is 9.51. The minimum atomic E-state index is -4.22. The van der Waals surface area contributed by atoms with E-state index in [1.807, 2.05) is 0 Å². The largest absolute Gasteiger partial charge is 0.289 e. The average molecular weight is 377 g/mol. The number of hydrogen-bond acceptors (Lipinski definition) is 4. The molecule has 0 aliphatic rings. The zero-order valence-electron chi connectivity index (χ0n) is 12.0. The molecule has 0 fully saturated rings. The van der Waals surface area contributed by atoms with Gasteiger partial charge in [0.1, 0.15) is 11.6 Å². The van der Waals surface area contributed by atoms with E-state index < -0.39 is 37.2 Å². The van der Waals surface area contributed by atoms with Gasteiger partial charge < -0.3 is 0 Å². The van der Waals surface area contributed by atoms with E-state index in [1.54, 1.807) is 0 Å². The highest BCUT2D eigenvalue weighted by Gasteiger charge is 2.25. The van der Waals surface area contributed by atoms with Crippen LogP contribution < -0.4 is 4.72 Å². The number of sulfonamides is 1. The molecule has 2 rings (SSSR count). The molecule has 0 amide bonds. The predicted molar refractivity (Wildman–Crippen MR) is 83.4 cm³/mol. The van der Waals surface area contributed by atoms with Crippen LogP contribution in [0.3, 0.4) is 0 Å². The normalized spacial score (nSPS) is 11.5. The molecule has 2 aromatic rings. The number of rotatable bonds is 6. The fraction of sp³-hybridized carbons (Fsp3) is 0.143. The number of nitro benzene ring substituents is 1. The molecule has 10 heteroatoms. The van der Waals surface area contributed by atoms with Gasteiger partial charge >= 0.3 is 0 Å². The summed E-state index contributed by atoms with van der Waals surface area (Å²) in [5, 5.41) is 11.0. The second kappa shape index (κ2) is 7.20. The zero-order chi connectivity index (χ0) is 17.9. The van der Waals surface area contributed by atoms with E-state index >= 15 is 0 Å². The Kier molecular flexibility index (Phi) is 5.47. The van der Waals surface area contributed by atoms with Crippen LogP contribution in [0.5, 0.6) is 0 Å². The third-order valence-corrected chi connectivity index (χ3v) is 4.83. The highest BCUT2D eigenvalue weighted by atomic mass is 35.5. The van der Waals surface area contributed by atoms with Gasteiger partial charge in [0.15, 0.2) is 4.90 Å². The number of halogens is 3. The molecule has 0 aliphatic carbocycles. The molecule has 0 aliphatic heterocycles. The first-order valence-electron chi connectivity index (χ1n) is 6.58. The lowest BCUT2D eigenvalue weighted by atomic mass is 10.1. The molecule has 0 atom stereocenters. The molecule has 0 saturated heterocycles. The summed E-state index contributed by atoms with van der Waals surface area (Å²) in [5.74, 6) is -1.55. The van der Waals surface area contributed by atoms with Crippen molar-refractivity contribution in [3.8, 4) is 0 Å². The number of nitrogens with zero attached hydrogens (tertiary/aromatic N) is 1. The summed E-state index contributed by atoms with van der Waals surface area (Å²) in [7, 11) is -4.22. The molecular weight excluding hydrogens is 366 g/mol. The first kappa shape index (κ1) is 18.2. The minimum Gasteiger partial charge on any atom is -0.258 e. The zero-order valence-corrected chi connectivity index (χ0v) is 13.6. The van der Waals surface area contributed by atoms with Crippen LogP contribution in [0.2, 0.25) is 5.02 Å². The Bertz CT molecular complexity index is 890. The van der Waals surface area contributed by atoms with Gasteiger partial charge in [-0.25, -0.2) is 21.9 Å². The highest BCUT2D eigenvalue weighted by Crippen LogP contribution is 2.26. The van der Waals surface area contributed by atoms with Crippen molar-refractivity contribution in [2.45, 2.75) is 11.3 Å². The van der Waals surface area contributed by atoms with Crippen molar-refractivity contribution in [3.63, 3.8) is 0 Å². The lowest BCUT2D eigenvalue weighted by Crippen LogP contribution is -2.27. The molecule has 0 bridgehead atoms. The second-order valence-corrected chi connectivity index (χ2v) is 6.92. The molecule has 0 radical (unpaired) electrons. The summed E-state index contributed by atoms with van der Waals surface area (Å²) in [6.45, 7) is -0.228. The van der Waals surface area contributed by atoms with Gasteiger partial charge in [0.2, 0.25) is 10.0 Å². The van der Waals surface area contributed by atoms with E-state index in [2.05, 4.69) is 4.72 Å². The molecule has 0 unspecified atom stereocenters. The maximum Gasteiger partial charge on any atom is 0.289 e. The molecule has 24 heavy (non-hydrogen) atoms. The van der Waals surface area contributed by atoms with Crippen LogP contribution >= 0.6 is 11.6 Å². The van der Waals surface area contributed by atoms with Gasteiger partial charge in [-0.3, -0.25) is 10.1 Å². The fourth-order valence-corrected chi connectivity index (χ4v) is 3.44. The van der Waals surface area contributed by atoms with Crippen LogP contribution in [-0.2, 0) is 16.4 Å². The van der Waals surface area contributed by atoms with Crippen LogP contribution in [0.4, 0.5) is 14.5 Å². The lowest BCUT2D eigenvalue weighted by Gasteiger charge is -2.08. The van der Waals surface area contributed by atoms with Crippen molar-refractivity contribution < 1.29 is 22.1 Å². The molecular formula is C14H11ClF2N2O4S. The summed E-state index contributed by atoms with van der Waals surface area (Å²) < 4.78 is 52.9. The number of hydrogen-bond donors (Lipinski definition) is 1. The Morgan fingerprint density at radius 2 is 1.88 bits per heavy atom. The van der Waals surface area contributed by atoms with Gasteiger partial charge in [-0.1, -0.05) is 17.7 Å². The van der Waals surface area contributed by atoms with Crippen molar-refractivity contribution in [3.05, 3.63) is 68.7 Å². The summed E-state index contributed by atoms with van der Waals surface area (Å²) in [6.07, 6.45) is -0.0558. The van der Waals surface area contributed by atoms with E-state index in [1.165, 1.54) is 12.1 Å². The van der Waals surface area contributed by atoms with E-state index in [4.69, 9.17) is 11.6 Å². The minimum absolute atomic E-state index is 0.0190. The second-order valence-electron chi connectivity index (χ2n) is 4.75. The van der Waals surface area contributed by atoms with Crippen molar-refractivity contribution in [1.82, 2.24) is 4.72 Å². The topological polar surface area (TPSA) is 89.3 Å². The smallest absolute Gasteiger partial charge is 0.258 e. The van der Waals surface area contributed by atoms with Gasteiger partial charge in [0.05, 0.1) is 4.92 Å². The molecule has 0 saturated carbocycles. The Hall–Kier alpha value is -2.10. The van der Waals surface area contributed by atoms with E-state index in [-0.39, 0.29) is 23.6 Å². The monoisotopic (exact) mass is 376 g/mol. The van der Waals surface area contributed by atoms with Crippen molar-refractivity contribution in [2.24, 2.45) is 0 Å².